The number of hydrogen-bond donors (Lipinski definition) is 0. The molecule has 0 aromatic rings. The number of carbonyl (C=O) groups is 1. The van der Waals surface area contributed by atoms with Crippen LogP contribution in [0, 0.1) is 0 Å². The minimum Gasteiger partial charge on any atom is -0.737 e. The van der Waals surface area contributed by atoms with Crippen LogP contribution in [0.3, 0.4) is 0 Å². The van der Waals surface area contributed by atoms with E-state index in [1.165, 1.54) is 0 Å². The first-order valence-electron chi connectivity index (χ1n) is 1.11. The fourth-order valence-electron chi connectivity index (χ4n) is 0. The molecule has 0 rings (SSSR count). The van der Waals surface area contributed by atoms with Crippen molar-refractivity contribution in [1.82, 2.24) is 0 Å². The molecule has 28 valence electrons. The van der Waals surface area contributed by atoms with Crippen molar-refractivity contribution >= 4 is 17.7 Å². The third-order valence-corrected chi connectivity index (χ3v) is 0.333. The molecule has 0 aromatic carbocycles. The van der Waals surface area contributed by atoms with Crippen molar-refractivity contribution in [3.8, 4) is 0 Å². The second-order valence-electron chi connectivity index (χ2n) is 0.523. The summed E-state index contributed by atoms with van der Waals surface area (Å²) in [6.45, 7) is 3.11. The molecule has 0 bridgehead atoms. The Morgan fingerprint density at radius 3 is 2.20 bits per heavy atom. The van der Waals surface area contributed by atoms with E-state index >= 15 is 0 Å². The van der Waals surface area contributed by atoms with Crippen molar-refractivity contribution < 1.29 is 4.79 Å². The third kappa shape index (κ3) is 3.63. The van der Waals surface area contributed by atoms with Gasteiger partial charge in [0.2, 0.25) is 0 Å². The van der Waals surface area contributed by atoms with Gasteiger partial charge in [-0.15, -0.1) is 0 Å². The SMILES string of the molecule is C=CC(=O)[S-]. The van der Waals surface area contributed by atoms with Crippen LogP contribution in [-0.2, 0) is 17.4 Å². The Hall–Kier alpha value is -0.370. The van der Waals surface area contributed by atoms with E-state index in [1.54, 1.807) is 0 Å². The van der Waals surface area contributed by atoms with Gasteiger partial charge < -0.3 is 17.4 Å². The van der Waals surface area contributed by atoms with Crippen LogP contribution in [0.15, 0.2) is 12.7 Å². The topological polar surface area (TPSA) is 17.1 Å². The van der Waals surface area contributed by atoms with Crippen LogP contribution in [0.2, 0.25) is 0 Å². The van der Waals surface area contributed by atoms with Gasteiger partial charge in [-0.3, -0.25) is 0 Å². The number of rotatable bonds is 1. The van der Waals surface area contributed by atoms with Gasteiger partial charge in [-0.05, 0) is 6.08 Å². The third-order valence-electron chi connectivity index (χ3n) is 0.167. The molecule has 0 aliphatic carbocycles. The van der Waals surface area contributed by atoms with E-state index in [1.807, 2.05) is 0 Å². The van der Waals surface area contributed by atoms with E-state index in [0.29, 0.717) is 0 Å². The van der Waals surface area contributed by atoms with Crippen molar-refractivity contribution in [2.45, 2.75) is 0 Å². The Morgan fingerprint density at radius 2 is 2.20 bits per heavy atom. The Balaban J connectivity index is 3.20. The van der Waals surface area contributed by atoms with Crippen molar-refractivity contribution in [2.75, 3.05) is 0 Å². The van der Waals surface area contributed by atoms with E-state index in [2.05, 4.69) is 19.2 Å². The van der Waals surface area contributed by atoms with Crippen molar-refractivity contribution in [2.24, 2.45) is 0 Å². The highest BCUT2D eigenvalue weighted by Gasteiger charge is 1.53. The Morgan fingerprint density at radius 1 is 2.00 bits per heavy atom. The quantitative estimate of drug-likeness (QED) is 0.337. The predicted octanol–water partition coefficient (Wildman–Crippen LogP) is 0.246. The van der Waals surface area contributed by atoms with E-state index in [0.717, 1.165) is 6.08 Å². The molecule has 0 aromatic heterocycles. The van der Waals surface area contributed by atoms with Gasteiger partial charge in [-0.1, -0.05) is 6.58 Å². The van der Waals surface area contributed by atoms with Crippen LogP contribution in [0.5, 0.6) is 0 Å². The zero-order valence-electron chi connectivity index (χ0n) is 2.60. The minimum atomic E-state index is -0.398. The van der Waals surface area contributed by atoms with E-state index in [4.69, 9.17) is 0 Å². The summed E-state index contributed by atoms with van der Waals surface area (Å²) in [6, 6.07) is 0. The van der Waals surface area contributed by atoms with Crippen LogP contribution < -0.4 is 0 Å². The maximum absolute atomic E-state index is 9.51. The molecular weight excluding hydrogens is 84.1 g/mol. The highest BCUT2D eigenvalue weighted by Crippen LogP contribution is 1.58. The molecule has 0 aliphatic rings. The first-order chi connectivity index (χ1) is 2.27. The number of hydrogen-bond acceptors (Lipinski definition) is 2. The average molecular weight is 87.1 g/mol. The summed E-state index contributed by atoms with van der Waals surface area (Å²) < 4.78 is 0. The molecule has 5 heavy (non-hydrogen) atoms. The predicted molar refractivity (Wildman–Crippen MR) is 22.6 cm³/mol. The molecule has 0 radical (unpaired) electrons. The molecule has 0 N–H and O–H groups in total. The van der Waals surface area contributed by atoms with Gasteiger partial charge in [0.25, 0.3) is 0 Å². The van der Waals surface area contributed by atoms with Crippen molar-refractivity contribution in [3.63, 3.8) is 0 Å². The Bertz CT molecular complexity index is 57.9. The van der Waals surface area contributed by atoms with Crippen LogP contribution >= 0.6 is 0 Å². The first-order valence-corrected chi connectivity index (χ1v) is 1.51. The standard InChI is InChI=1S/C3H4OS/c1-2-3(4)5/h2H,1H2,(H,4,5)/p-1. The number of carbonyl (C=O) groups excluding carboxylic acids is 1. The van der Waals surface area contributed by atoms with Gasteiger partial charge in [0, 0.05) is 5.12 Å². The fraction of sp³-hybridized carbons (Fsp3) is 0. The summed E-state index contributed by atoms with van der Waals surface area (Å²) in [7, 11) is 0. The second-order valence-corrected chi connectivity index (χ2v) is 0.926. The second kappa shape index (κ2) is 1.91. The summed E-state index contributed by atoms with van der Waals surface area (Å²) in [6.07, 6.45) is 1.09. The van der Waals surface area contributed by atoms with Crippen LogP contribution in [-0.4, -0.2) is 5.12 Å². The van der Waals surface area contributed by atoms with E-state index in [9.17, 15) is 4.79 Å². The average Bonchev–Trinajstić information content (AvgIpc) is 1.38. The zero-order valence-corrected chi connectivity index (χ0v) is 3.42. The Kier molecular flexibility index (Phi) is 1.76. The molecule has 0 aliphatic heterocycles. The monoisotopic (exact) mass is 87.0 g/mol. The lowest BCUT2D eigenvalue weighted by molar-refractivity contribution is -0.106. The van der Waals surface area contributed by atoms with Gasteiger partial charge in [0.15, 0.2) is 0 Å². The summed E-state index contributed by atoms with van der Waals surface area (Å²) >= 11 is 4.02. The van der Waals surface area contributed by atoms with Gasteiger partial charge in [-0.25, -0.2) is 0 Å². The van der Waals surface area contributed by atoms with Crippen molar-refractivity contribution in [1.29, 1.82) is 0 Å². The molecule has 0 saturated carbocycles. The highest BCUT2D eigenvalue weighted by molar-refractivity contribution is 7.77. The van der Waals surface area contributed by atoms with Crippen LogP contribution in [0.25, 0.3) is 0 Å². The molecule has 0 heterocycles. The van der Waals surface area contributed by atoms with E-state index in [-0.39, 0.29) is 0 Å². The van der Waals surface area contributed by atoms with Gasteiger partial charge in [0.05, 0.1) is 0 Å². The van der Waals surface area contributed by atoms with Gasteiger partial charge in [-0.2, -0.15) is 0 Å². The molecule has 2 heteroatoms. The highest BCUT2D eigenvalue weighted by atomic mass is 32.1. The van der Waals surface area contributed by atoms with Crippen molar-refractivity contribution in [3.05, 3.63) is 12.7 Å². The molecule has 0 amide bonds. The molecule has 0 atom stereocenters. The largest absolute Gasteiger partial charge is 0.737 e. The molecule has 0 spiro atoms. The van der Waals surface area contributed by atoms with Crippen LogP contribution in [0.1, 0.15) is 0 Å². The molecule has 1 nitrogen and oxygen atoms in total. The van der Waals surface area contributed by atoms with Gasteiger partial charge >= 0.3 is 0 Å². The van der Waals surface area contributed by atoms with E-state index < -0.39 is 5.12 Å². The molecule has 0 fully saturated rings. The maximum Gasteiger partial charge on any atom is 0.0343 e. The summed E-state index contributed by atoms with van der Waals surface area (Å²) in [5.74, 6) is 0. The Labute approximate surface area is 36.1 Å². The lowest BCUT2D eigenvalue weighted by Gasteiger charge is -1.85. The first kappa shape index (κ1) is 4.63. The maximum atomic E-state index is 9.51. The summed E-state index contributed by atoms with van der Waals surface area (Å²) in [5, 5.41) is -0.398. The van der Waals surface area contributed by atoms with Crippen LogP contribution in [0.4, 0.5) is 0 Å². The zero-order chi connectivity index (χ0) is 4.28. The fourth-order valence-corrected chi connectivity index (χ4v) is 0. The normalized spacial score (nSPS) is 6.40. The lowest BCUT2D eigenvalue weighted by atomic mass is 10.7. The summed E-state index contributed by atoms with van der Waals surface area (Å²) in [5.41, 5.74) is 0. The molecule has 0 saturated heterocycles. The summed E-state index contributed by atoms with van der Waals surface area (Å²) in [4.78, 5) is 9.51. The lowest BCUT2D eigenvalue weighted by Crippen LogP contribution is -1.76. The molecular formula is C3H3OS-. The molecule has 0 unspecified atom stereocenters. The minimum absolute atomic E-state index is 0.398. The van der Waals surface area contributed by atoms with Gasteiger partial charge in [0.1, 0.15) is 0 Å². The smallest absolute Gasteiger partial charge is 0.0343 e.